The van der Waals surface area contributed by atoms with Gasteiger partial charge in [-0.15, -0.1) is 11.8 Å². The molecular formula is C21H23N3OS. The summed E-state index contributed by atoms with van der Waals surface area (Å²) < 4.78 is 1.89. The van der Waals surface area contributed by atoms with Crippen LogP contribution in [0.15, 0.2) is 67.0 Å². The predicted molar refractivity (Wildman–Crippen MR) is 107 cm³/mol. The molecule has 26 heavy (non-hydrogen) atoms. The number of carbonyl (C=O) groups is 1. The highest BCUT2D eigenvalue weighted by atomic mass is 32.2. The number of amides is 1. The molecule has 0 aliphatic carbocycles. The quantitative estimate of drug-likeness (QED) is 0.661. The van der Waals surface area contributed by atoms with Gasteiger partial charge in [0.05, 0.1) is 12.3 Å². The van der Waals surface area contributed by atoms with Crippen molar-refractivity contribution in [2.45, 2.75) is 25.8 Å². The summed E-state index contributed by atoms with van der Waals surface area (Å²) in [6.45, 7) is 3.33. The minimum atomic E-state index is 0.0657. The molecule has 0 aliphatic heterocycles. The molecule has 5 heteroatoms. The molecule has 2 aromatic carbocycles. The van der Waals surface area contributed by atoms with Gasteiger partial charge in [-0.2, -0.15) is 5.10 Å². The van der Waals surface area contributed by atoms with Crippen molar-refractivity contribution in [2.75, 3.05) is 5.75 Å². The second kappa shape index (κ2) is 9.25. The molecule has 0 spiro atoms. The van der Waals surface area contributed by atoms with Crippen LogP contribution in [0, 0.1) is 6.92 Å². The molecule has 3 aromatic rings. The molecule has 1 heterocycles. The van der Waals surface area contributed by atoms with E-state index in [1.807, 2.05) is 29.1 Å². The van der Waals surface area contributed by atoms with Crippen LogP contribution in [0.25, 0.3) is 0 Å². The van der Waals surface area contributed by atoms with E-state index in [9.17, 15) is 4.79 Å². The van der Waals surface area contributed by atoms with Crippen molar-refractivity contribution >= 4 is 17.7 Å². The third kappa shape index (κ3) is 5.49. The van der Waals surface area contributed by atoms with Gasteiger partial charge in [0.2, 0.25) is 5.91 Å². The van der Waals surface area contributed by atoms with E-state index in [1.165, 1.54) is 16.7 Å². The lowest BCUT2D eigenvalue weighted by Gasteiger charge is -2.11. The molecule has 4 nitrogen and oxygen atoms in total. The molecule has 0 aliphatic rings. The second-order valence-electron chi connectivity index (χ2n) is 6.23. The van der Waals surface area contributed by atoms with Crippen molar-refractivity contribution in [3.63, 3.8) is 0 Å². The first kappa shape index (κ1) is 18.3. The Balaban J connectivity index is 1.46. The SMILES string of the molecule is Cc1ccc(CSCC(=O)NCc2ccccc2Cn2cccn2)cc1. The van der Waals surface area contributed by atoms with Crippen LogP contribution in [0.5, 0.6) is 0 Å². The molecule has 0 atom stereocenters. The molecular weight excluding hydrogens is 342 g/mol. The van der Waals surface area contributed by atoms with Crippen LogP contribution in [0.2, 0.25) is 0 Å². The van der Waals surface area contributed by atoms with E-state index in [0.717, 1.165) is 11.3 Å². The molecule has 1 amide bonds. The van der Waals surface area contributed by atoms with Crippen molar-refractivity contribution < 1.29 is 4.79 Å². The van der Waals surface area contributed by atoms with Crippen LogP contribution < -0.4 is 5.32 Å². The van der Waals surface area contributed by atoms with Crippen LogP contribution in [-0.4, -0.2) is 21.4 Å². The first-order valence-corrected chi connectivity index (χ1v) is 9.80. The van der Waals surface area contributed by atoms with Crippen molar-refractivity contribution in [1.29, 1.82) is 0 Å². The van der Waals surface area contributed by atoms with E-state index in [1.54, 1.807) is 18.0 Å². The number of thioether (sulfide) groups is 1. The number of aromatic nitrogens is 2. The maximum atomic E-state index is 12.1. The Kier molecular flexibility index (Phi) is 6.50. The first-order chi connectivity index (χ1) is 12.7. The zero-order valence-corrected chi connectivity index (χ0v) is 15.7. The second-order valence-corrected chi connectivity index (χ2v) is 7.21. The summed E-state index contributed by atoms with van der Waals surface area (Å²) in [5.74, 6) is 1.38. The predicted octanol–water partition coefficient (Wildman–Crippen LogP) is 3.79. The average molecular weight is 366 g/mol. The summed E-state index contributed by atoms with van der Waals surface area (Å²) in [6, 6.07) is 18.5. The van der Waals surface area contributed by atoms with E-state index in [4.69, 9.17) is 0 Å². The number of nitrogens with zero attached hydrogens (tertiary/aromatic N) is 2. The zero-order chi connectivity index (χ0) is 18.2. The lowest BCUT2D eigenvalue weighted by molar-refractivity contribution is -0.118. The highest BCUT2D eigenvalue weighted by molar-refractivity contribution is 7.99. The van der Waals surface area contributed by atoms with Crippen LogP contribution in [0.1, 0.15) is 22.3 Å². The minimum Gasteiger partial charge on any atom is -0.351 e. The minimum absolute atomic E-state index is 0.0657. The Morgan fingerprint density at radius 2 is 1.85 bits per heavy atom. The van der Waals surface area contributed by atoms with Gasteiger partial charge < -0.3 is 5.32 Å². The molecule has 0 fully saturated rings. The number of hydrogen-bond donors (Lipinski definition) is 1. The summed E-state index contributed by atoms with van der Waals surface area (Å²) in [6.07, 6.45) is 3.72. The number of carbonyl (C=O) groups excluding carboxylic acids is 1. The number of hydrogen-bond acceptors (Lipinski definition) is 3. The van der Waals surface area contributed by atoms with E-state index in [-0.39, 0.29) is 5.91 Å². The van der Waals surface area contributed by atoms with Gasteiger partial charge in [0.1, 0.15) is 0 Å². The standard InChI is InChI=1S/C21H23N3OS/c1-17-7-9-18(10-8-17)15-26-16-21(25)22-13-19-5-2-3-6-20(19)14-24-12-4-11-23-24/h2-12H,13-16H2,1H3,(H,22,25). The molecule has 0 saturated heterocycles. The van der Waals surface area contributed by atoms with Crippen molar-refractivity contribution in [1.82, 2.24) is 15.1 Å². The van der Waals surface area contributed by atoms with Crippen LogP contribution >= 0.6 is 11.8 Å². The van der Waals surface area contributed by atoms with Gasteiger partial charge in [-0.3, -0.25) is 9.48 Å². The molecule has 1 aromatic heterocycles. The van der Waals surface area contributed by atoms with Gasteiger partial charge >= 0.3 is 0 Å². The highest BCUT2D eigenvalue weighted by Crippen LogP contribution is 2.13. The normalized spacial score (nSPS) is 10.7. The van der Waals surface area contributed by atoms with Gasteiger partial charge in [-0.05, 0) is 29.7 Å². The van der Waals surface area contributed by atoms with Gasteiger partial charge in [0.25, 0.3) is 0 Å². The van der Waals surface area contributed by atoms with E-state index in [0.29, 0.717) is 18.8 Å². The van der Waals surface area contributed by atoms with Crippen LogP contribution in [0.4, 0.5) is 0 Å². The van der Waals surface area contributed by atoms with Gasteiger partial charge in [-0.25, -0.2) is 0 Å². The molecule has 0 saturated carbocycles. The Morgan fingerprint density at radius 1 is 1.08 bits per heavy atom. The third-order valence-corrected chi connectivity index (χ3v) is 5.11. The average Bonchev–Trinajstić information content (AvgIpc) is 3.16. The van der Waals surface area contributed by atoms with Crippen LogP contribution in [-0.2, 0) is 23.6 Å². The van der Waals surface area contributed by atoms with Gasteiger partial charge in [0.15, 0.2) is 0 Å². The highest BCUT2D eigenvalue weighted by Gasteiger charge is 2.06. The molecule has 134 valence electrons. The first-order valence-electron chi connectivity index (χ1n) is 8.65. The van der Waals surface area contributed by atoms with E-state index < -0.39 is 0 Å². The number of benzene rings is 2. The van der Waals surface area contributed by atoms with E-state index >= 15 is 0 Å². The monoisotopic (exact) mass is 365 g/mol. The van der Waals surface area contributed by atoms with E-state index in [2.05, 4.69) is 53.7 Å². The summed E-state index contributed by atoms with van der Waals surface area (Å²) in [4.78, 5) is 12.1. The number of rotatable bonds is 8. The summed E-state index contributed by atoms with van der Waals surface area (Å²) in [7, 11) is 0. The Labute approximate surface area is 158 Å². The maximum absolute atomic E-state index is 12.1. The third-order valence-electron chi connectivity index (χ3n) is 4.11. The number of aryl methyl sites for hydroxylation is 1. The van der Waals surface area contributed by atoms with Crippen molar-refractivity contribution in [2.24, 2.45) is 0 Å². The summed E-state index contributed by atoms with van der Waals surface area (Å²) >= 11 is 1.64. The Morgan fingerprint density at radius 3 is 2.58 bits per heavy atom. The largest absolute Gasteiger partial charge is 0.351 e. The molecule has 0 radical (unpaired) electrons. The molecule has 0 bridgehead atoms. The van der Waals surface area contributed by atoms with Crippen LogP contribution in [0.3, 0.4) is 0 Å². The van der Waals surface area contributed by atoms with Crippen molar-refractivity contribution in [3.05, 3.63) is 89.2 Å². The topological polar surface area (TPSA) is 46.9 Å². The fourth-order valence-corrected chi connectivity index (χ4v) is 3.46. The fourth-order valence-electron chi connectivity index (χ4n) is 2.64. The Bertz CT molecular complexity index is 829. The summed E-state index contributed by atoms with van der Waals surface area (Å²) in [5, 5.41) is 7.27. The Hall–Kier alpha value is -2.53. The fraction of sp³-hybridized carbons (Fsp3) is 0.238. The molecule has 0 unspecified atom stereocenters. The lowest BCUT2D eigenvalue weighted by Crippen LogP contribution is -2.25. The van der Waals surface area contributed by atoms with Crippen molar-refractivity contribution in [3.8, 4) is 0 Å². The van der Waals surface area contributed by atoms with Gasteiger partial charge in [-0.1, -0.05) is 54.1 Å². The van der Waals surface area contributed by atoms with Gasteiger partial charge in [0, 0.05) is 24.7 Å². The molecule has 1 N–H and O–H groups in total. The lowest BCUT2D eigenvalue weighted by atomic mass is 10.1. The smallest absolute Gasteiger partial charge is 0.230 e. The maximum Gasteiger partial charge on any atom is 0.230 e. The number of nitrogens with one attached hydrogen (secondary N) is 1. The summed E-state index contributed by atoms with van der Waals surface area (Å²) in [5.41, 5.74) is 4.80. The molecule has 3 rings (SSSR count). The zero-order valence-electron chi connectivity index (χ0n) is 14.9.